The van der Waals surface area contributed by atoms with Crippen molar-refractivity contribution in [2.45, 2.75) is 44.6 Å². The zero-order chi connectivity index (χ0) is 17.4. The van der Waals surface area contributed by atoms with Crippen LogP contribution >= 0.6 is 0 Å². The third-order valence-electron chi connectivity index (χ3n) is 3.96. The largest absolute Gasteiger partial charge is 0.478 e. The lowest BCUT2D eigenvalue weighted by Gasteiger charge is -2.15. The minimum absolute atomic E-state index is 0.0301. The Morgan fingerprint density at radius 1 is 1.04 bits per heavy atom. The molecule has 0 saturated heterocycles. The predicted octanol–water partition coefficient (Wildman–Crippen LogP) is 1.67. The third kappa shape index (κ3) is 5.19. The lowest BCUT2D eigenvalue weighted by atomic mass is 10.1. The number of hydrazone groups is 1. The summed E-state index contributed by atoms with van der Waals surface area (Å²) in [4.78, 5) is 34.7. The third-order valence-corrected chi connectivity index (χ3v) is 3.96. The van der Waals surface area contributed by atoms with Gasteiger partial charge in [0.15, 0.2) is 0 Å². The van der Waals surface area contributed by atoms with E-state index in [2.05, 4.69) is 15.8 Å². The summed E-state index contributed by atoms with van der Waals surface area (Å²) in [6, 6.07) is 6.28. The van der Waals surface area contributed by atoms with Gasteiger partial charge in [-0.2, -0.15) is 5.10 Å². The number of nitrogens with zero attached hydrogens (tertiary/aromatic N) is 1. The van der Waals surface area contributed by atoms with E-state index in [4.69, 9.17) is 5.11 Å². The Balaban J connectivity index is 1.88. The minimum atomic E-state index is -1.09. The molecule has 128 valence electrons. The SMILES string of the molecule is O=C(NN=Cc1ccccc1C(=O)O)C(=O)NC1CCCCCC1. The number of amides is 2. The molecular formula is C17H21N3O4. The summed E-state index contributed by atoms with van der Waals surface area (Å²) < 4.78 is 0. The molecule has 0 radical (unpaired) electrons. The molecule has 1 aliphatic carbocycles. The second kappa shape index (κ2) is 8.81. The highest BCUT2D eigenvalue weighted by molar-refractivity contribution is 6.35. The summed E-state index contributed by atoms with van der Waals surface area (Å²) in [5.41, 5.74) is 2.54. The molecule has 7 heteroatoms. The van der Waals surface area contributed by atoms with Crippen LogP contribution in [0.1, 0.15) is 54.4 Å². The van der Waals surface area contributed by atoms with E-state index in [1.54, 1.807) is 18.2 Å². The number of hydrogen-bond donors (Lipinski definition) is 3. The number of hydrogen-bond acceptors (Lipinski definition) is 4. The summed E-state index contributed by atoms with van der Waals surface area (Å²) >= 11 is 0. The van der Waals surface area contributed by atoms with E-state index in [0.29, 0.717) is 5.56 Å². The van der Waals surface area contributed by atoms with Gasteiger partial charge >= 0.3 is 17.8 Å². The van der Waals surface area contributed by atoms with Crippen molar-refractivity contribution in [1.82, 2.24) is 10.7 Å². The number of rotatable bonds is 4. The van der Waals surface area contributed by atoms with E-state index < -0.39 is 17.8 Å². The fourth-order valence-electron chi connectivity index (χ4n) is 2.69. The highest BCUT2D eigenvalue weighted by Gasteiger charge is 2.19. The molecule has 2 amide bonds. The Labute approximate surface area is 140 Å². The molecule has 24 heavy (non-hydrogen) atoms. The van der Waals surface area contributed by atoms with E-state index in [1.807, 2.05) is 0 Å². The van der Waals surface area contributed by atoms with Crippen molar-refractivity contribution in [3.05, 3.63) is 35.4 Å². The molecule has 1 fully saturated rings. The van der Waals surface area contributed by atoms with Gasteiger partial charge in [0.05, 0.1) is 11.8 Å². The standard InChI is InChI=1S/C17H21N3O4/c21-15(19-13-8-3-1-2-4-9-13)16(22)20-18-11-12-7-5-6-10-14(12)17(23)24/h5-7,10-11,13H,1-4,8-9H2,(H,19,21)(H,20,22)(H,23,24). The molecule has 1 aromatic carbocycles. The molecule has 0 unspecified atom stereocenters. The van der Waals surface area contributed by atoms with E-state index in [0.717, 1.165) is 38.5 Å². The molecule has 2 rings (SSSR count). The van der Waals surface area contributed by atoms with Crippen LogP contribution in [0.15, 0.2) is 29.4 Å². The average molecular weight is 331 g/mol. The topological polar surface area (TPSA) is 108 Å². The molecule has 0 heterocycles. The van der Waals surface area contributed by atoms with Gasteiger partial charge in [0.1, 0.15) is 0 Å². The van der Waals surface area contributed by atoms with Gasteiger partial charge in [-0.25, -0.2) is 10.2 Å². The summed E-state index contributed by atoms with van der Waals surface area (Å²) in [5.74, 6) is -2.66. The quantitative estimate of drug-likeness (QED) is 0.337. The molecule has 7 nitrogen and oxygen atoms in total. The number of carboxylic acids is 1. The average Bonchev–Trinajstić information content (AvgIpc) is 2.83. The normalized spacial score (nSPS) is 15.7. The Bertz CT molecular complexity index is 634. The van der Waals surface area contributed by atoms with Crippen LogP contribution in [-0.4, -0.2) is 35.1 Å². The Hall–Kier alpha value is -2.70. The van der Waals surface area contributed by atoms with Gasteiger partial charge in [-0.1, -0.05) is 43.9 Å². The van der Waals surface area contributed by atoms with Crippen LogP contribution in [-0.2, 0) is 9.59 Å². The first-order valence-electron chi connectivity index (χ1n) is 8.04. The van der Waals surface area contributed by atoms with Crippen LogP contribution in [0, 0.1) is 0 Å². The summed E-state index contributed by atoms with van der Waals surface area (Å²) in [6.45, 7) is 0. The van der Waals surface area contributed by atoms with Crippen molar-refractivity contribution in [2.24, 2.45) is 5.10 Å². The van der Waals surface area contributed by atoms with E-state index in [9.17, 15) is 14.4 Å². The van der Waals surface area contributed by atoms with Crippen molar-refractivity contribution < 1.29 is 19.5 Å². The van der Waals surface area contributed by atoms with Gasteiger partial charge < -0.3 is 10.4 Å². The fraction of sp³-hybridized carbons (Fsp3) is 0.412. The van der Waals surface area contributed by atoms with Gasteiger partial charge in [-0.3, -0.25) is 9.59 Å². The molecule has 0 aromatic heterocycles. The molecule has 0 bridgehead atoms. The fourth-order valence-corrected chi connectivity index (χ4v) is 2.69. The monoisotopic (exact) mass is 331 g/mol. The van der Waals surface area contributed by atoms with Crippen molar-refractivity contribution in [1.29, 1.82) is 0 Å². The molecule has 0 spiro atoms. The molecule has 1 aromatic rings. The first kappa shape index (κ1) is 17.7. The molecule has 0 aliphatic heterocycles. The second-order valence-electron chi connectivity index (χ2n) is 5.75. The number of carbonyl (C=O) groups excluding carboxylic acids is 2. The number of aromatic carboxylic acids is 1. The van der Waals surface area contributed by atoms with Crippen molar-refractivity contribution in [3.63, 3.8) is 0 Å². The van der Waals surface area contributed by atoms with Gasteiger partial charge in [-0.15, -0.1) is 0 Å². The first-order chi connectivity index (χ1) is 11.6. The second-order valence-corrected chi connectivity index (χ2v) is 5.75. The first-order valence-corrected chi connectivity index (χ1v) is 8.04. The Morgan fingerprint density at radius 3 is 2.38 bits per heavy atom. The number of benzene rings is 1. The molecule has 1 saturated carbocycles. The smallest absolute Gasteiger partial charge is 0.336 e. The van der Waals surface area contributed by atoms with Gasteiger partial charge in [-0.05, 0) is 18.9 Å². The molecular weight excluding hydrogens is 310 g/mol. The van der Waals surface area contributed by atoms with E-state index >= 15 is 0 Å². The lowest BCUT2D eigenvalue weighted by molar-refractivity contribution is -0.139. The zero-order valence-corrected chi connectivity index (χ0v) is 13.3. The predicted molar refractivity (Wildman–Crippen MR) is 88.8 cm³/mol. The van der Waals surface area contributed by atoms with Gasteiger partial charge in [0, 0.05) is 11.6 Å². The van der Waals surface area contributed by atoms with Crippen LogP contribution in [0.4, 0.5) is 0 Å². The van der Waals surface area contributed by atoms with Crippen LogP contribution in [0.5, 0.6) is 0 Å². The number of carbonyl (C=O) groups is 3. The maximum absolute atomic E-state index is 11.8. The number of nitrogens with one attached hydrogen (secondary N) is 2. The minimum Gasteiger partial charge on any atom is -0.478 e. The summed E-state index contributed by atoms with van der Waals surface area (Å²) in [5, 5.41) is 15.4. The van der Waals surface area contributed by atoms with E-state index in [1.165, 1.54) is 12.3 Å². The van der Waals surface area contributed by atoms with Crippen molar-refractivity contribution >= 4 is 24.0 Å². The van der Waals surface area contributed by atoms with E-state index in [-0.39, 0.29) is 11.6 Å². The van der Waals surface area contributed by atoms with Crippen LogP contribution in [0.3, 0.4) is 0 Å². The molecule has 1 aliphatic rings. The maximum Gasteiger partial charge on any atom is 0.336 e. The number of carboxylic acid groups (broad SMARTS) is 1. The Morgan fingerprint density at radius 2 is 1.71 bits per heavy atom. The highest BCUT2D eigenvalue weighted by Crippen LogP contribution is 2.17. The van der Waals surface area contributed by atoms with Gasteiger partial charge in [0.2, 0.25) is 0 Å². The lowest BCUT2D eigenvalue weighted by Crippen LogP contribution is -2.43. The Kier molecular flexibility index (Phi) is 6.48. The summed E-state index contributed by atoms with van der Waals surface area (Å²) in [6.07, 6.45) is 7.40. The molecule has 3 N–H and O–H groups in total. The van der Waals surface area contributed by atoms with Crippen LogP contribution < -0.4 is 10.7 Å². The van der Waals surface area contributed by atoms with Crippen molar-refractivity contribution in [2.75, 3.05) is 0 Å². The highest BCUT2D eigenvalue weighted by atomic mass is 16.4. The van der Waals surface area contributed by atoms with Crippen molar-refractivity contribution in [3.8, 4) is 0 Å². The molecule has 0 atom stereocenters. The maximum atomic E-state index is 11.8. The van der Waals surface area contributed by atoms with Crippen LogP contribution in [0.25, 0.3) is 0 Å². The van der Waals surface area contributed by atoms with Gasteiger partial charge in [0.25, 0.3) is 0 Å². The zero-order valence-electron chi connectivity index (χ0n) is 13.3. The summed E-state index contributed by atoms with van der Waals surface area (Å²) in [7, 11) is 0. The van der Waals surface area contributed by atoms with Crippen LogP contribution in [0.2, 0.25) is 0 Å².